The number of benzene rings is 1. The SMILES string of the molecule is COC(=O)N[C@H](C(=O)On1nnc2ccccc21)C(C)(C)C.COC(=O)N[C@H](C(C)=O)C(C)(C)C. The first-order valence-electron chi connectivity index (χ1n) is 10.8. The molecule has 1 aromatic carbocycles. The lowest BCUT2D eigenvalue weighted by molar-refractivity contribution is -0.150. The fourth-order valence-corrected chi connectivity index (χ4v) is 2.96. The van der Waals surface area contributed by atoms with Gasteiger partial charge in [0.05, 0.1) is 20.3 Å². The molecule has 0 unspecified atom stereocenters. The Balaban J connectivity index is 0.000000405. The quantitative estimate of drug-likeness (QED) is 0.599. The first-order chi connectivity index (χ1) is 16.1. The number of methoxy groups -OCH3 is 2. The van der Waals surface area contributed by atoms with Crippen LogP contribution in [0.25, 0.3) is 11.0 Å². The first kappa shape index (κ1) is 29.3. The Morgan fingerprint density at radius 1 is 0.857 bits per heavy atom. The molecular formula is C23H35N5O7. The van der Waals surface area contributed by atoms with Crippen LogP contribution in [-0.2, 0) is 19.1 Å². The summed E-state index contributed by atoms with van der Waals surface area (Å²) in [5.74, 6) is -0.730. The van der Waals surface area contributed by atoms with Crippen LogP contribution in [0.1, 0.15) is 48.5 Å². The maximum Gasteiger partial charge on any atom is 0.407 e. The van der Waals surface area contributed by atoms with E-state index in [-0.39, 0.29) is 11.2 Å². The highest BCUT2D eigenvalue weighted by molar-refractivity contribution is 5.86. The van der Waals surface area contributed by atoms with E-state index in [1.807, 2.05) is 20.8 Å². The smallest absolute Gasteiger partial charge is 0.407 e. The number of fused-ring (bicyclic) bond motifs is 1. The van der Waals surface area contributed by atoms with Crippen LogP contribution >= 0.6 is 0 Å². The fraction of sp³-hybridized carbons (Fsp3) is 0.565. The van der Waals surface area contributed by atoms with E-state index in [1.165, 1.54) is 21.1 Å². The van der Waals surface area contributed by atoms with Gasteiger partial charge in [-0.25, -0.2) is 14.4 Å². The molecule has 194 valence electrons. The molecule has 2 rings (SSSR count). The average molecular weight is 494 g/mol. The molecule has 2 amide bonds. The van der Waals surface area contributed by atoms with Gasteiger partial charge in [-0.1, -0.05) is 58.5 Å². The number of para-hydroxylation sites is 1. The second-order valence-electron chi connectivity index (χ2n) is 9.84. The van der Waals surface area contributed by atoms with Crippen LogP contribution in [0.3, 0.4) is 0 Å². The Morgan fingerprint density at radius 2 is 1.34 bits per heavy atom. The predicted octanol–water partition coefficient (Wildman–Crippen LogP) is 2.50. The highest BCUT2D eigenvalue weighted by Gasteiger charge is 2.35. The molecule has 1 heterocycles. The van der Waals surface area contributed by atoms with E-state index in [2.05, 4.69) is 30.4 Å². The van der Waals surface area contributed by atoms with Crippen LogP contribution in [0.5, 0.6) is 0 Å². The molecule has 2 aromatic rings. The molecule has 0 aliphatic carbocycles. The zero-order chi connectivity index (χ0) is 27.0. The molecule has 0 bridgehead atoms. The number of ketones is 1. The molecule has 12 heteroatoms. The van der Waals surface area contributed by atoms with Crippen molar-refractivity contribution >= 4 is 35.0 Å². The fourth-order valence-electron chi connectivity index (χ4n) is 2.96. The van der Waals surface area contributed by atoms with Gasteiger partial charge in [0.15, 0.2) is 5.78 Å². The number of Topliss-reactive ketones (excluding diaryl/α,β-unsaturated/α-hetero) is 1. The van der Waals surface area contributed by atoms with Gasteiger partial charge in [0.2, 0.25) is 0 Å². The summed E-state index contributed by atoms with van der Waals surface area (Å²) in [6, 6.07) is 5.66. The number of hydrogen-bond acceptors (Lipinski definition) is 9. The number of hydrogen-bond donors (Lipinski definition) is 2. The topological polar surface area (TPSA) is 151 Å². The standard InChI is InChI=1S/C14H18N4O4.C9H17NO3/c1-14(2,3)11(15-13(20)21-4)12(19)22-18-10-8-6-5-7-9(10)16-17-18;1-6(11)7(9(2,3)4)10-8(12)13-5/h5-8,11H,1-4H3,(H,15,20);7H,1-5H3,(H,10,12)/t11-;7-/m11/s1. The van der Waals surface area contributed by atoms with Gasteiger partial charge in [0.1, 0.15) is 17.1 Å². The highest BCUT2D eigenvalue weighted by atomic mass is 16.7. The number of nitrogens with one attached hydrogen (secondary N) is 2. The minimum Gasteiger partial charge on any atom is -0.453 e. The van der Waals surface area contributed by atoms with E-state index in [4.69, 9.17) is 4.84 Å². The Bertz CT molecular complexity index is 1040. The van der Waals surface area contributed by atoms with Gasteiger partial charge >= 0.3 is 18.2 Å². The molecule has 0 fully saturated rings. The monoisotopic (exact) mass is 493 g/mol. The zero-order valence-corrected chi connectivity index (χ0v) is 21.7. The minimum absolute atomic E-state index is 0.0714. The molecule has 0 radical (unpaired) electrons. The van der Waals surface area contributed by atoms with E-state index in [0.29, 0.717) is 11.0 Å². The maximum absolute atomic E-state index is 12.4. The lowest BCUT2D eigenvalue weighted by Gasteiger charge is -2.28. The number of carbonyl (C=O) groups is 4. The van der Waals surface area contributed by atoms with E-state index in [9.17, 15) is 19.2 Å². The highest BCUT2D eigenvalue weighted by Crippen LogP contribution is 2.21. The van der Waals surface area contributed by atoms with Gasteiger partial charge in [-0.05, 0) is 35.1 Å². The second-order valence-corrected chi connectivity index (χ2v) is 9.84. The van der Waals surface area contributed by atoms with Crippen molar-refractivity contribution in [3.8, 4) is 0 Å². The summed E-state index contributed by atoms with van der Waals surface area (Å²) in [6.07, 6.45) is -1.28. The van der Waals surface area contributed by atoms with Gasteiger partial charge in [-0.15, -0.1) is 5.10 Å². The summed E-state index contributed by atoms with van der Waals surface area (Å²) >= 11 is 0. The van der Waals surface area contributed by atoms with E-state index in [1.54, 1.807) is 45.0 Å². The average Bonchev–Trinajstić information content (AvgIpc) is 3.16. The molecular weight excluding hydrogens is 458 g/mol. The molecule has 12 nitrogen and oxygen atoms in total. The third-order valence-electron chi connectivity index (χ3n) is 4.77. The zero-order valence-electron chi connectivity index (χ0n) is 21.7. The normalized spacial score (nSPS) is 12.9. The van der Waals surface area contributed by atoms with Crippen LogP contribution < -0.4 is 15.5 Å². The van der Waals surface area contributed by atoms with Crippen molar-refractivity contribution in [3.05, 3.63) is 24.3 Å². The number of ether oxygens (including phenoxy) is 2. The molecule has 1 aromatic heterocycles. The maximum atomic E-state index is 12.4. The summed E-state index contributed by atoms with van der Waals surface area (Å²) in [4.78, 5) is 52.1. The van der Waals surface area contributed by atoms with E-state index in [0.717, 1.165) is 4.85 Å². The Kier molecular flexibility index (Phi) is 10.2. The third kappa shape index (κ3) is 8.87. The van der Waals surface area contributed by atoms with Crippen molar-refractivity contribution in [2.45, 2.75) is 60.5 Å². The van der Waals surface area contributed by atoms with Crippen LogP contribution in [-0.4, -0.2) is 65.4 Å². The number of nitrogens with zero attached hydrogens (tertiary/aromatic N) is 3. The lowest BCUT2D eigenvalue weighted by atomic mass is 9.85. The van der Waals surface area contributed by atoms with Gasteiger partial charge in [0, 0.05) is 0 Å². The van der Waals surface area contributed by atoms with Crippen molar-refractivity contribution in [1.29, 1.82) is 0 Å². The summed E-state index contributed by atoms with van der Waals surface area (Å²) in [6.45, 7) is 12.5. The van der Waals surface area contributed by atoms with Crippen LogP contribution in [0.4, 0.5) is 9.59 Å². The van der Waals surface area contributed by atoms with Gasteiger partial charge in [-0.2, -0.15) is 0 Å². The molecule has 0 aliphatic heterocycles. The van der Waals surface area contributed by atoms with Crippen molar-refractivity contribution in [2.75, 3.05) is 14.2 Å². The predicted molar refractivity (Wildman–Crippen MR) is 127 cm³/mol. The number of aromatic nitrogens is 3. The molecule has 0 saturated carbocycles. The molecule has 0 aliphatic rings. The van der Waals surface area contributed by atoms with Crippen molar-refractivity contribution in [3.63, 3.8) is 0 Å². The van der Waals surface area contributed by atoms with Crippen LogP contribution in [0.2, 0.25) is 0 Å². The van der Waals surface area contributed by atoms with Crippen LogP contribution in [0, 0.1) is 10.8 Å². The van der Waals surface area contributed by atoms with E-state index < -0.39 is 35.7 Å². The minimum atomic E-state index is -0.900. The largest absolute Gasteiger partial charge is 0.453 e. The Labute approximate surface area is 204 Å². The number of carbonyl (C=O) groups excluding carboxylic acids is 4. The summed E-state index contributed by atoms with van der Waals surface area (Å²) in [5, 5.41) is 12.6. The summed E-state index contributed by atoms with van der Waals surface area (Å²) in [5.41, 5.74) is 0.298. The molecule has 35 heavy (non-hydrogen) atoms. The van der Waals surface area contributed by atoms with Crippen molar-refractivity contribution < 1.29 is 33.5 Å². The second kappa shape index (κ2) is 12.1. The number of amides is 2. The third-order valence-corrected chi connectivity index (χ3v) is 4.77. The first-order valence-corrected chi connectivity index (χ1v) is 10.8. The lowest BCUT2D eigenvalue weighted by Crippen LogP contribution is -2.52. The number of alkyl carbamates (subject to hydrolysis) is 2. The summed E-state index contributed by atoms with van der Waals surface area (Å²) < 4.78 is 8.96. The molecule has 2 N–H and O–H groups in total. The number of rotatable bonds is 5. The van der Waals surface area contributed by atoms with Gasteiger partial charge in [-0.3, -0.25) is 4.79 Å². The van der Waals surface area contributed by atoms with E-state index >= 15 is 0 Å². The molecule has 0 saturated heterocycles. The van der Waals surface area contributed by atoms with Crippen molar-refractivity contribution in [2.24, 2.45) is 10.8 Å². The molecule has 2 atom stereocenters. The summed E-state index contributed by atoms with van der Waals surface area (Å²) in [7, 11) is 2.50. The van der Waals surface area contributed by atoms with Gasteiger partial charge in [0.25, 0.3) is 0 Å². The van der Waals surface area contributed by atoms with Crippen LogP contribution in [0.15, 0.2) is 24.3 Å². The molecule has 0 spiro atoms. The Hall–Kier alpha value is -3.70. The Morgan fingerprint density at radius 3 is 1.80 bits per heavy atom. The van der Waals surface area contributed by atoms with Crippen molar-refractivity contribution in [1.82, 2.24) is 25.8 Å². The van der Waals surface area contributed by atoms with Gasteiger partial charge < -0.3 is 24.9 Å².